The molecule has 0 saturated heterocycles. The molecule has 1 amide bonds. The molecule has 0 aliphatic heterocycles. The van der Waals surface area contributed by atoms with Gasteiger partial charge in [-0.1, -0.05) is 54.9 Å². The summed E-state index contributed by atoms with van der Waals surface area (Å²) in [4.78, 5) is 12.6. The predicted molar refractivity (Wildman–Crippen MR) is 120 cm³/mol. The largest absolute Gasteiger partial charge is 0.296 e. The highest BCUT2D eigenvalue weighted by Gasteiger charge is 2.17. The van der Waals surface area contributed by atoms with Crippen LogP contribution in [-0.2, 0) is 16.4 Å². The van der Waals surface area contributed by atoms with Gasteiger partial charge >= 0.3 is 0 Å². The lowest BCUT2D eigenvalue weighted by Gasteiger charge is -2.09. The molecule has 0 atom stereocenters. The van der Waals surface area contributed by atoms with Gasteiger partial charge in [0.1, 0.15) is 5.01 Å². The van der Waals surface area contributed by atoms with Crippen LogP contribution in [0.4, 0.5) is 10.8 Å². The Balaban J connectivity index is 1.69. The Labute approximate surface area is 180 Å². The maximum atomic E-state index is 12.7. The number of carbonyl (C=O) groups excluding carboxylic acids is 1. The normalized spacial score (nSPS) is 11.3. The second-order valence-corrected chi connectivity index (χ2v) is 9.66. The molecule has 0 spiro atoms. The predicted octanol–water partition coefficient (Wildman–Crippen LogP) is 4.63. The molecule has 158 valence electrons. The zero-order valence-corrected chi connectivity index (χ0v) is 18.5. The van der Waals surface area contributed by atoms with Gasteiger partial charge in [0.2, 0.25) is 5.13 Å². The Morgan fingerprint density at radius 2 is 1.83 bits per heavy atom. The van der Waals surface area contributed by atoms with Crippen molar-refractivity contribution in [3.05, 3.63) is 64.7 Å². The quantitative estimate of drug-likeness (QED) is 0.469. The second kappa shape index (κ2) is 9.82. The molecule has 1 heterocycles. The van der Waals surface area contributed by atoms with Crippen molar-refractivity contribution in [3.63, 3.8) is 0 Å². The summed E-state index contributed by atoms with van der Waals surface area (Å²) in [5, 5.41) is 12.1. The van der Waals surface area contributed by atoms with Gasteiger partial charge in [0, 0.05) is 17.7 Å². The molecule has 0 aliphatic rings. The van der Waals surface area contributed by atoms with Crippen molar-refractivity contribution in [1.29, 1.82) is 0 Å². The summed E-state index contributed by atoms with van der Waals surface area (Å²) < 4.78 is 27.9. The molecule has 0 saturated carbocycles. The van der Waals surface area contributed by atoms with Crippen LogP contribution < -0.4 is 10.0 Å². The number of nitrogens with one attached hydrogen (secondary N) is 2. The third-order valence-corrected chi connectivity index (χ3v) is 6.67. The summed E-state index contributed by atoms with van der Waals surface area (Å²) >= 11 is 1.33. The first kappa shape index (κ1) is 21.9. The van der Waals surface area contributed by atoms with Crippen molar-refractivity contribution in [1.82, 2.24) is 10.2 Å². The molecule has 30 heavy (non-hydrogen) atoms. The van der Waals surface area contributed by atoms with E-state index in [-0.39, 0.29) is 10.5 Å². The number of sulfonamides is 1. The average molecular weight is 445 g/mol. The molecule has 0 radical (unpaired) electrons. The van der Waals surface area contributed by atoms with Crippen LogP contribution in [0.2, 0.25) is 0 Å². The molecule has 2 aromatic carbocycles. The molecular formula is C21H24N4O3S2. The van der Waals surface area contributed by atoms with E-state index in [2.05, 4.69) is 27.2 Å². The van der Waals surface area contributed by atoms with Gasteiger partial charge in [0.05, 0.1) is 4.90 Å². The van der Waals surface area contributed by atoms with Gasteiger partial charge < -0.3 is 0 Å². The SMILES string of the molecule is CCCCCc1nnc(NC(=O)c2cccc(S(=O)(=O)Nc3ccc(C)cc3)c2)s1. The fourth-order valence-corrected chi connectivity index (χ4v) is 4.62. The molecule has 3 aromatic rings. The standard InChI is InChI=1S/C21H24N4O3S2/c1-3-4-5-9-19-23-24-21(29-19)22-20(26)16-7-6-8-18(14-16)30(27,28)25-17-12-10-15(2)11-13-17/h6-8,10-14,25H,3-5,9H2,1-2H3,(H,22,24,26). The number of anilines is 2. The Bertz CT molecular complexity index is 1110. The number of hydrogen-bond donors (Lipinski definition) is 2. The van der Waals surface area contributed by atoms with Crippen molar-refractivity contribution in [2.75, 3.05) is 10.0 Å². The molecule has 0 fully saturated rings. The van der Waals surface area contributed by atoms with Crippen LogP contribution in [-0.4, -0.2) is 24.5 Å². The molecule has 1 aromatic heterocycles. The maximum absolute atomic E-state index is 12.7. The van der Waals surface area contributed by atoms with Crippen LogP contribution >= 0.6 is 11.3 Å². The first-order valence-electron chi connectivity index (χ1n) is 9.70. The Kier molecular flexibility index (Phi) is 7.17. The van der Waals surface area contributed by atoms with Gasteiger partial charge in [0.25, 0.3) is 15.9 Å². The van der Waals surface area contributed by atoms with Crippen molar-refractivity contribution in [2.45, 2.75) is 44.4 Å². The number of rotatable bonds is 9. The van der Waals surface area contributed by atoms with Gasteiger partial charge in [-0.2, -0.15) is 0 Å². The molecule has 0 aliphatic carbocycles. The van der Waals surface area contributed by atoms with Gasteiger partial charge in [-0.25, -0.2) is 8.42 Å². The third kappa shape index (κ3) is 5.87. The molecule has 3 rings (SSSR count). The van der Waals surface area contributed by atoms with Gasteiger partial charge in [-0.05, 0) is 43.7 Å². The molecular weight excluding hydrogens is 420 g/mol. The molecule has 9 heteroatoms. The molecule has 0 unspecified atom stereocenters. The minimum absolute atomic E-state index is 0.00763. The van der Waals surface area contributed by atoms with E-state index >= 15 is 0 Å². The fraction of sp³-hybridized carbons (Fsp3) is 0.286. The van der Waals surface area contributed by atoms with Gasteiger partial charge in [-0.3, -0.25) is 14.8 Å². The summed E-state index contributed by atoms with van der Waals surface area (Å²) in [6, 6.07) is 12.9. The number of hydrogen-bond acceptors (Lipinski definition) is 6. The number of aromatic nitrogens is 2. The van der Waals surface area contributed by atoms with E-state index in [9.17, 15) is 13.2 Å². The number of benzene rings is 2. The summed E-state index contributed by atoms with van der Waals surface area (Å²) in [6.45, 7) is 4.06. The van der Waals surface area contributed by atoms with E-state index in [0.29, 0.717) is 10.8 Å². The summed E-state index contributed by atoms with van der Waals surface area (Å²) in [5.41, 5.74) is 1.71. The van der Waals surface area contributed by atoms with Crippen LogP contribution in [0.25, 0.3) is 0 Å². The minimum atomic E-state index is -3.82. The summed E-state index contributed by atoms with van der Waals surface area (Å²) in [6.07, 6.45) is 4.12. The molecule has 2 N–H and O–H groups in total. The number of aryl methyl sites for hydroxylation is 2. The highest BCUT2D eigenvalue weighted by molar-refractivity contribution is 7.92. The zero-order chi connectivity index (χ0) is 21.6. The smallest absolute Gasteiger partial charge is 0.261 e. The van der Waals surface area contributed by atoms with E-state index in [1.54, 1.807) is 18.2 Å². The fourth-order valence-electron chi connectivity index (χ4n) is 2.74. The second-order valence-electron chi connectivity index (χ2n) is 6.91. The van der Waals surface area contributed by atoms with E-state index in [1.807, 2.05) is 19.1 Å². The Morgan fingerprint density at radius 3 is 2.57 bits per heavy atom. The van der Waals surface area contributed by atoms with E-state index in [4.69, 9.17) is 0 Å². The van der Waals surface area contributed by atoms with Crippen molar-refractivity contribution < 1.29 is 13.2 Å². The third-order valence-electron chi connectivity index (χ3n) is 4.39. The van der Waals surface area contributed by atoms with E-state index in [0.717, 1.165) is 36.3 Å². The lowest BCUT2D eigenvalue weighted by molar-refractivity contribution is 0.102. The van der Waals surface area contributed by atoms with Crippen LogP contribution in [0.5, 0.6) is 0 Å². The monoisotopic (exact) mass is 444 g/mol. The summed E-state index contributed by atoms with van der Waals surface area (Å²) in [7, 11) is -3.82. The lowest BCUT2D eigenvalue weighted by atomic mass is 10.2. The Morgan fingerprint density at radius 1 is 1.07 bits per heavy atom. The Hall–Kier alpha value is -2.78. The van der Waals surface area contributed by atoms with E-state index < -0.39 is 15.9 Å². The zero-order valence-electron chi connectivity index (χ0n) is 16.9. The topological polar surface area (TPSA) is 101 Å². The maximum Gasteiger partial charge on any atom is 0.261 e. The number of nitrogens with zero attached hydrogens (tertiary/aromatic N) is 2. The van der Waals surface area contributed by atoms with Gasteiger partial charge in [0.15, 0.2) is 0 Å². The van der Waals surface area contributed by atoms with E-state index in [1.165, 1.54) is 29.5 Å². The molecule has 7 nitrogen and oxygen atoms in total. The highest BCUT2D eigenvalue weighted by atomic mass is 32.2. The van der Waals surface area contributed by atoms with Crippen molar-refractivity contribution in [3.8, 4) is 0 Å². The number of amides is 1. The molecule has 0 bridgehead atoms. The van der Waals surface area contributed by atoms with Crippen molar-refractivity contribution >= 4 is 38.1 Å². The van der Waals surface area contributed by atoms with Crippen LogP contribution in [0.3, 0.4) is 0 Å². The highest BCUT2D eigenvalue weighted by Crippen LogP contribution is 2.20. The number of carbonyl (C=O) groups is 1. The lowest BCUT2D eigenvalue weighted by Crippen LogP contribution is -2.16. The average Bonchev–Trinajstić information content (AvgIpc) is 3.17. The minimum Gasteiger partial charge on any atom is -0.296 e. The number of unbranched alkanes of at least 4 members (excludes halogenated alkanes) is 2. The van der Waals surface area contributed by atoms with Crippen LogP contribution in [0, 0.1) is 6.92 Å². The van der Waals surface area contributed by atoms with Crippen molar-refractivity contribution in [2.24, 2.45) is 0 Å². The van der Waals surface area contributed by atoms with Crippen LogP contribution in [0.15, 0.2) is 53.4 Å². The first-order chi connectivity index (χ1) is 14.4. The first-order valence-corrected chi connectivity index (χ1v) is 12.0. The van der Waals surface area contributed by atoms with Gasteiger partial charge in [-0.15, -0.1) is 10.2 Å². The van der Waals surface area contributed by atoms with Crippen LogP contribution in [0.1, 0.15) is 47.1 Å². The summed E-state index contributed by atoms with van der Waals surface area (Å²) in [5.74, 6) is -0.432.